The molecule has 24 heavy (non-hydrogen) atoms. The minimum Gasteiger partial charge on any atom is -0.337 e. The fourth-order valence-electron chi connectivity index (χ4n) is 2.27. The average molecular weight is 490 g/mol. The van der Waals surface area contributed by atoms with Crippen LogP contribution in [0.5, 0.6) is 0 Å². The third kappa shape index (κ3) is 3.74. The van der Waals surface area contributed by atoms with Crippen LogP contribution >= 0.6 is 54.8 Å². The van der Waals surface area contributed by atoms with E-state index in [1.54, 1.807) is 24.4 Å². The average Bonchev–Trinajstić information content (AvgIpc) is 3.12. The molecule has 124 valence electrons. The van der Waals surface area contributed by atoms with Crippen LogP contribution in [0.15, 0.2) is 51.0 Å². The molecular formula is C16H12Br2ClN3OS. The number of benzene rings is 1. The van der Waals surface area contributed by atoms with E-state index in [1.807, 2.05) is 29.9 Å². The lowest BCUT2D eigenvalue weighted by Gasteiger charge is -2.19. The van der Waals surface area contributed by atoms with E-state index in [4.69, 9.17) is 11.6 Å². The van der Waals surface area contributed by atoms with Gasteiger partial charge >= 0.3 is 0 Å². The van der Waals surface area contributed by atoms with Gasteiger partial charge in [-0.15, -0.1) is 11.3 Å². The summed E-state index contributed by atoms with van der Waals surface area (Å²) in [4.78, 5) is 17.7. The second-order valence-electron chi connectivity index (χ2n) is 5.09. The smallest absolute Gasteiger partial charge is 0.262 e. The number of hydrogen-bond donors (Lipinski definition) is 1. The normalized spacial score (nSPS) is 12.2. The number of halogens is 3. The van der Waals surface area contributed by atoms with Gasteiger partial charge in [-0.3, -0.25) is 4.79 Å². The van der Waals surface area contributed by atoms with Crippen molar-refractivity contribution in [2.24, 2.45) is 7.05 Å². The maximum atomic E-state index is 12.7. The van der Waals surface area contributed by atoms with Gasteiger partial charge < -0.3 is 9.88 Å². The molecule has 3 rings (SSSR count). The lowest BCUT2D eigenvalue weighted by molar-refractivity contribution is 0.0945. The van der Waals surface area contributed by atoms with Crippen LogP contribution in [-0.2, 0) is 7.05 Å². The highest BCUT2D eigenvalue weighted by atomic mass is 79.9. The van der Waals surface area contributed by atoms with Gasteiger partial charge in [-0.05, 0) is 55.6 Å². The Labute approximate surface area is 165 Å². The zero-order valence-electron chi connectivity index (χ0n) is 12.5. The molecule has 0 saturated carbocycles. The molecule has 1 unspecified atom stereocenters. The lowest BCUT2D eigenvalue weighted by Crippen LogP contribution is -2.30. The molecule has 8 heteroatoms. The molecule has 0 aliphatic carbocycles. The number of aryl methyl sites for hydroxylation is 1. The standard InChI is InChI=1S/C16H12Br2ClN3OS/c1-22-7-6-20-15(22)13(9-2-4-10(19)5-3-9)21-16(23)12-8-11(17)14(18)24-12/h2-8,13H,1H3,(H,21,23). The van der Waals surface area contributed by atoms with Crippen LogP contribution in [0.1, 0.15) is 27.1 Å². The highest BCUT2D eigenvalue weighted by Gasteiger charge is 2.22. The Balaban J connectivity index is 1.94. The topological polar surface area (TPSA) is 46.9 Å². The van der Waals surface area contributed by atoms with E-state index in [-0.39, 0.29) is 11.9 Å². The molecule has 0 radical (unpaired) electrons. The van der Waals surface area contributed by atoms with Crippen molar-refractivity contribution < 1.29 is 4.79 Å². The van der Waals surface area contributed by atoms with E-state index in [9.17, 15) is 4.79 Å². The quantitative estimate of drug-likeness (QED) is 0.549. The van der Waals surface area contributed by atoms with Gasteiger partial charge in [0.2, 0.25) is 0 Å². The molecule has 1 atom stereocenters. The highest BCUT2D eigenvalue weighted by molar-refractivity contribution is 9.13. The molecular weight excluding hydrogens is 478 g/mol. The third-order valence-corrected chi connectivity index (χ3v) is 6.97. The van der Waals surface area contributed by atoms with Gasteiger partial charge in [-0.25, -0.2) is 4.98 Å². The van der Waals surface area contributed by atoms with E-state index in [1.165, 1.54) is 11.3 Å². The largest absolute Gasteiger partial charge is 0.337 e. The second-order valence-corrected chi connectivity index (χ2v) is 8.75. The summed E-state index contributed by atoms with van der Waals surface area (Å²) in [5.74, 6) is 0.592. The van der Waals surface area contributed by atoms with E-state index in [2.05, 4.69) is 42.2 Å². The number of carbonyl (C=O) groups excluding carboxylic acids is 1. The number of hydrogen-bond acceptors (Lipinski definition) is 3. The summed E-state index contributed by atoms with van der Waals surface area (Å²) in [6.07, 6.45) is 3.56. The molecule has 0 saturated heterocycles. The van der Waals surface area contributed by atoms with E-state index in [0.29, 0.717) is 9.90 Å². The zero-order chi connectivity index (χ0) is 17.3. The Morgan fingerprint density at radius 1 is 1.33 bits per heavy atom. The second kappa shape index (κ2) is 7.39. The van der Waals surface area contributed by atoms with Crippen LogP contribution in [0, 0.1) is 0 Å². The van der Waals surface area contributed by atoms with Gasteiger partial charge in [0, 0.05) is 28.9 Å². The van der Waals surface area contributed by atoms with Crippen LogP contribution < -0.4 is 5.32 Å². The molecule has 3 aromatic rings. The Kier molecular flexibility index (Phi) is 5.44. The zero-order valence-corrected chi connectivity index (χ0v) is 17.2. The maximum absolute atomic E-state index is 12.7. The first-order valence-corrected chi connectivity index (χ1v) is 9.72. The molecule has 0 spiro atoms. The Morgan fingerprint density at radius 2 is 2.04 bits per heavy atom. The third-order valence-electron chi connectivity index (χ3n) is 3.46. The SMILES string of the molecule is Cn1ccnc1C(NC(=O)c1cc(Br)c(Br)s1)c1ccc(Cl)cc1. The predicted molar refractivity (Wildman–Crippen MR) is 104 cm³/mol. The minimum atomic E-state index is -0.366. The summed E-state index contributed by atoms with van der Waals surface area (Å²) >= 11 is 14.2. The summed E-state index contributed by atoms with van der Waals surface area (Å²) in [5, 5.41) is 3.70. The van der Waals surface area contributed by atoms with Gasteiger partial charge in [0.15, 0.2) is 0 Å². The van der Waals surface area contributed by atoms with Crippen molar-refractivity contribution >= 4 is 60.7 Å². The number of imidazole rings is 1. The van der Waals surface area contributed by atoms with Gasteiger partial charge in [0.05, 0.1) is 8.66 Å². The molecule has 1 aromatic carbocycles. The molecule has 0 bridgehead atoms. The van der Waals surface area contributed by atoms with Crippen LogP contribution in [0.4, 0.5) is 0 Å². The van der Waals surface area contributed by atoms with Crippen molar-refractivity contribution in [3.05, 3.63) is 72.3 Å². The molecule has 1 N–H and O–H groups in total. The van der Waals surface area contributed by atoms with Crippen LogP contribution in [0.25, 0.3) is 0 Å². The fourth-order valence-corrected chi connectivity index (χ4v) is 4.33. The monoisotopic (exact) mass is 487 g/mol. The summed E-state index contributed by atoms with van der Waals surface area (Å²) < 4.78 is 3.63. The van der Waals surface area contributed by atoms with Crippen molar-refractivity contribution in [2.45, 2.75) is 6.04 Å². The molecule has 2 heterocycles. The van der Waals surface area contributed by atoms with Crippen LogP contribution in [0.2, 0.25) is 5.02 Å². The number of thiophene rings is 1. The van der Waals surface area contributed by atoms with Crippen LogP contribution in [0.3, 0.4) is 0 Å². The Bertz CT molecular complexity index is 856. The summed E-state index contributed by atoms with van der Waals surface area (Å²) in [6, 6.07) is 8.81. The molecule has 0 fully saturated rings. The first-order valence-electron chi connectivity index (χ1n) is 6.94. The Hall–Kier alpha value is -1.15. The van der Waals surface area contributed by atoms with Crippen LogP contribution in [-0.4, -0.2) is 15.5 Å². The predicted octanol–water partition coefficient (Wildman–Crippen LogP) is 5.18. The molecule has 2 aromatic heterocycles. The molecule has 1 amide bonds. The van der Waals surface area contributed by atoms with Crippen molar-refractivity contribution in [1.29, 1.82) is 0 Å². The minimum absolute atomic E-state index is 0.158. The van der Waals surface area contributed by atoms with E-state index < -0.39 is 0 Å². The van der Waals surface area contributed by atoms with Gasteiger partial charge in [0.1, 0.15) is 11.9 Å². The number of amides is 1. The first kappa shape index (κ1) is 17.7. The molecule has 4 nitrogen and oxygen atoms in total. The fraction of sp³-hybridized carbons (Fsp3) is 0.125. The van der Waals surface area contributed by atoms with Crippen molar-refractivity contribution in [2.75, 3.05) is 0 Å². The van der Waals surface area contributed by atoms with Gasteiger partial charge in [-0.2, -0.15) is 0 Å². The number of nitrogens with one attached hydrogen (secondary N) is 1. The Morgan fingerprint density at radius 3 is 2.58 bits per heavy atom. The number of rotatable bonds is 4. The van der Waals surface area contributed by atoms with E-state index in [0.717, 1.165) is 19.6 Å². The summed E-state index contributed by atoms with van der Waals surface area (Å²) in [5.41, 5.74) is 0.914. The number of aromatic nitrogens is 2. The van der Waals surface area contributed by atoms with Crippen molar-refractivity contribution in [1.82, 2.24) is 14.9 Å². The number of carbonyl (C=O) groups is 1. The first-order chi connectivity index (χ1) is 11.5. The summed E-state index contributed by atoms with van der Waals surface area (Å²) in [6.45, 7) is 0. The van der Waals surface area contributed by atoms with Gasteiger partial charge in [-0.1, -0.05) is 23.7 Å². The highest BCUT2D eigenvalue weighted by Crippen LogP contribution is 2.33. The van der Waals surface area contributed by atoms with Crippen molar-refractivity contribution in [3.63, 3.8) is 0 Å². The molecule has 0 aliphatic heterocycles. The van der Waals surface area contributed by atoms with Crippen molar-refractivity contribution in [3.8, 4) is 0 Å². The summed E-state index contributed by atoms with van der Waals surface area (Å²) in [7, 11) is 1.90. The van der Waals surface area contributed by atoms with Gasteiger partial charge in [0.25, 0.3) is 5.91 Å². The number of nitrogens with zero attached hydrogens (tertiary/aromatic N) is 2. The van der Waals surface area contributed by atoms with E-state index >= 15 is 0 Å². The molecule has 0 aliphatic rings. The maximum Gasteiger partial charge on any atom is 0.262 e. The lowest BCUT2D eigenvalue weighted by atomic mass is 10.1.